The van der Waals surface area contributed by atoms with E-state index in [2.05, 4.69) is 6.07 Å². The molecule has 2 nitrogen and oxygen atoms in total. The molecule has 3 heteroatoms. The Labute approximate surface area is 57.3 Å². The van der Waals surface area contributed by atoms with Crippen molar-refractivity contribution in [3.8, 4) is 11.5 Å². The third-order valence-corrected chi connectivity index (χ3v) is 1.21. The minimum atomic E-state index is -0.320. The molecular formula is C6H4ClO2. The lowest BCUT2D eigenvalue weighted by Crippen LogP contribution is -1.68. The number of halogens is 1. The number of hydrogen-bond donors (Lipinski definition) is 2. The quantitative estimate of drug-likeness (QED) is 0.541. The molecule has 9 heavy (non-hydrogen) atoms. The molecule has 0 atom stereocenters. The number of hydrogen-bond acceptors (Lipinski definition) is 2. The normalized spacial score (nSPS) is 9.44. The van der Waals surface area contributed by atoms with Gasteiger partial charge in [0.05, 0.1) is 5.02 Å². The highest BCUT2D eigenvalue weighted by atomic mass is 35.5. The van der Waals surface area contributed by atoms with Crippen LogP contribution in [-0.2, 0) is 0 Å². The minimum Gasteiger partial charge on any atom is -0.504 e. The summed E-state index contributed by atoms with van der Waals surface area (Å²) in [5, 5.41) is 17.6. The molecule has 0 saturated heterocycles. The zero-order valence-corrected chi connectivity index (χ0v) is 5.18. The average Bonchev–Trinajstić information content (AvgIpc) is 1.83. The van der Waals surface area contributed by atoms with Crippen LogP contribution >= 0.6 is 11.6 Å². The summed E-state index contributed by atoms with van der Waals surface area (Å²) in [6.45, 7) is 0. The number of phenolic OH excluding ortho intramolecular Hbond substituents is 2. The number of rotatable bonds is 0. The van der Waals surface area contributed by atoms with Crippen LogP contribution in [0.3, 0.4) is 0 Å². The number of aromatic hydroxyl groups is 2. The van der Waals surface area contributed by atoms with Crippen LogP contribution in [0.15, 0.2) is 12.1 Å². The zero-order chi connectivity index (χ0) is 6.85. The monoisotopic (exact) mass is 143 g/mol. The van der Waals surface area contributed by atoms with E-state index in [1.54, 1.807) is 0 Å². The molecule has 0 aliphatic heterocycles. The number of benzene rings is 1. The van der Waals surface area contributed by atoms with Crippen LogP contribution in [0.4, 0.5) is 0 Å². The Kier molecular flexibility index (Phi) is 1.49. The topological polar surface area (TPSA) is 40.5 Å². The maximum Gasteiger partial charge on any atom is 0.177 e. The van der Waals surface area contributed by atoms with Crippen LogP contribution in [0.25, 0.3) is 0 Å². The lowest BCUT2D eigenvalue weighted by atomic mass is 10.3. The van der Waals surface area contributed by atoms with Gasteiger partial charge < -0.3 is 10.2 Å². The third kappa shape index (κ3) is 1.08. The Bertz CT molecular complexity index is 202. The first-order valence-corrected chi connectivity index (χ1v) is 2.67. The van der Waals surface area contributed by atoms with E-state index in [4.69, 9.17) is 21.8 Å². The minimum absolute atomic E-state index is 0.131. The Morgan fingerprint density at radius 3 is 2.56 bits per heavy atom. The van der Waals surface area contributed by atoms with Gasteiger partial charge in [-0.05, 0) is 12.1 Å². The second-order valence-corrected chi connectivity index (χ2v) is 1.93. The maximum absolute atomic E-state index is 8.79. The first-order valence-electron chi connectivity index (χ1n) is 2.30. The highest BCUT2D eigenvalue weighted by Crippen LogP contribution is 2.30. The molecule has 1 radical (unpaired) electrons. The van der Waals surface area contributed by atoms with Gasteiger partial charge >= 0.3 is 0 Å². The molecule has 0 aliphatic carbocycles. The van der Waals surface area contributed by atoms with Gasteiger partial charge in [-0.2, -0.15) is 0 Å². The highest BCUT2D eigenvalue weighted by molar-refractivity contribution is 6.32. The fraction of sp³-hybridized carbons (Fsp3) is 0. The summed E-state index contributed by atoms with van der Waals surface area (Å²) in [5.41, 5.74) is 0. The summed E-state index contributed by atoms with van der Waals surface area (Å²) in [6.07, 6.45) is 0. The summed E-state index contributed by atoms with van der Waals surface area (Å²) in [5.74, 6) is -0.637. The van der Waals surface area contributed by atoms with E-state index in [-0.39, 0.29) is 16.5 Å². The fourth-order valence-corrected chi connectivity index (χ4v) is 0.607. The molecule has 1 aromatic carbocycles. The van der Waals surface area contributed by atoms with Gasteiger partial charge in [0.1, 0.15) is 0 Å². The van der Waals surface area contributed by atoms with Crippen molar-refractivity contribution in [3.05, 3.63) is 23.2 Å². The lowest BCUT2D eigenvalue weighted by molar-refractivity contribution is 0.403. The molecule has 47 valence electrons. The Morgan fingerprint density at radius 1 is 1.44 bits per heavy atom. The maximum atomic E-state index is 8.79. The van der Waals surface area contributed by atoms with Crippen molar-refractivity contribution in [2.75, 3.05) is 0 Å². The highest BCUT2D eigenvalue weighted by Gasteiger charge is 2.00. The summed E-state index contributed by atoms with van der Waals surface area (Å²) >= 11 is 5.38. The van der Waals surface area contributed by atoms with E-state index in [9.17, 15) is 0 Å². The Hall–Kier alpha value is -0.890. The van der Waals surface area contributed by atoms with Gasteiger partial charge in [-0.15, -0.1) is 0 Å². The summed E-state index contributed by atoms with van der Waals surface area (Å²) in [7, 11) is 0. The van der Waals surface area contributed by atoms with Crippen molar-refractivity contribution in [2.45, 2.75) is 0 Å². The molecule has 0 aromatic heterocycles. The van der Waals surface area contributed by atoms with E-state index in [0.29, 0.717) is 0 Å². The van der Waals surface area contributed by atoms with E-state index >= 15 is 0 Å². The van der Waals surface area contributed by atoms with Crippen LogP contribution in [0.1, 0.15) is 0 Å². The number of phenols is 2. The van der Waals surface area contributed by atoms with Crippen LogP contribution in [0.2, 0.25) is 5.02 Å². The van der Waals surface area contributed by atoms with E-state index in [1.165, 1.54) is 12.1 Å². The van der Waals surface area contributed by atoms with Gasteiger partial charge in [0.2, 0.25) is 0 Å². The molecule has 0 unspecified atom stereocenters. The molecule has 0 aliphatic rings. The predicted octanol–water partition coefficient (Wildman–Crippen LogP) is 1.55. The zero-order valence-electron chi connectivity index (χ0n) is 4.43. The second-order valence-electron chi connectivity index (χ2n) is 1.52. The summed E-state index contributed by atoms with van der Waals surface area (Å²) in [4.78, 5) is 0. The molecular weight excluding hydrogens is 140 g/mol. The largest absolute Gasteiger partial charge is 0.504 e. The molecule has 2 N–H and O–H groups in total. The molecule has 0 heterocycles. The Morgan fingerprint density at radius 2 is 2.11 bits per heavy atom. The molecule has 0 spiro atoms. The molecule has 1 aromatic rings. The van der Waals surface area contributed by atoms with Gasteiger partial charge in [-0.3, -0.25) is 0 Å². The van der Waals surface area contributed by atoms with E-state index in [0.717, 1.165) is 0 Å². The van der Waals surface area contributed by atoms with Crippen LogP contribution in [0.5, 0.6) is 11.5 Å². The summed E-state index contributed by atoms with van der Waals surface area (Å²) in [6, 6.07) is 5.23. The first kappa shape index (κ1) is 6.23. The lowest BCUT2D eigenvalue weighted by Gasteiger charge is -1.95. The standard InChI is InChI=1S/C6H4ClO2/c7-4-2-1-3-5(8)6(4)9/h1-2,8-9H. The molecule has 0 saturated carbocycles. The molecule has 0 amide bonds. The fourth-order valence-electron chi connectivity index (χ4n) is 0.454. The van der Waals surface area contributed by atoms with Gasteiger partial charge in [0.25, 0.3) is 0 Å². The molecule has 1 rings (SSSR count). The molecule has 0 fully saturated rings. The summed E-state index contributed by atoms with van der Waals surface area (Å²) < 4.78 is 0. The van der Waals surface area contributed by atoms with Crippen molar-refractivity contribution in [3.63, 3.8) is 0 Å². The van der Waals surface area contributed by atoms with E-state index < -0.39 is 0 Å². The van der Waals surface area contributed by atoms with Crippen LogP contribution in [-0.4, -0.2) is 10.2 Å². The Balaban J connectivity index is 3.25. The second kappa shape index (κ2) is 2.15. The van der Waals surface area contributed by atoms with Crippen LogP contribution in [0, 0.1) is 6.07 Å². The van der Waals surface area contributed by atoms with E-state index in [1.807, 2.05) is 0 Å². The van der Waals surface area contributed by atoms with Crippen molar-refractivity contribution < 1.29 is 10.2 Å². The van der Waals surface area contributed by atoms with Crippen molar-refractivity contribution in [2.24, 2.45) is 0 Å². The van der Waals surface area contributed by atoms with Gasteiger partial charge in [-0.25, -0.2) is 0 Å². The third-order valence-electron chi connectivity index (χ3n) is 0.900. The van der Waals surface area contributed by atoms with Crippen LogP contribution < -0.4 is 0 Å². The smallest absolute Gasteiger partial charge is 0.177 e. The first-order chi connectivity index (χ1) is 4.22. The van der Waals surface area contributed by atoms with Gasteiger partial charge in [-0.1, -0.05) is 11.6 Å². The van der Waals surface area contributed by atoms with Gasteiger partial charge in [0, 0.05) is 6.07 Å². The van der Waals surface area contributed by atoms with Crippen molar-refractivity contribution in [1.29, 1.82) is 0 Å². The van der Waals surface area contributed by atoms with Crippen molar-refractivity contribution in [1.82, 2.24) is 0 Å². The average molecular weight is 144 g/mol. The van der Waals surface area contributed by atoms with Crippen molar-refractivity contribution >= 4 is 11.6 Å². The SMILES string of the molecule is Oc1[c]ccc(Cl)c1O. The predicted molar refractivity (Wildman–Crippen MR) is 33.6 cm³/mol. The molecule has 0 bridgehead atoms. The van der Waals surface area contributed by atoms with Gasteiger partial charge in [0.15, 0.2) is 11.5 Å².